The van der Waals surface area contributed by atoms with Crippen LogP contribution in [0.15, 0.2) is 0 Å². The second-order valence-corrected chi connectivity index (χ2v) is 5.25. The zero-order chi connectivity index (χ0) is 14.5. The van der Waals surface area contributed by atoms with Crippen molar-refractivity contribution >= 4 is 17.8 Å². The van der Waals surface area contributed by atoms with Gasteiger partial charge in [0.2, 0.25) is 11.8 Å². The molecule has 0 aromatic rings. The summed E-state index contributed by atoms with van der Waals surface area (Å²) in [5.74, 6) is -1.77. The molecule has 1 saturated carbocycles. The number of rotatable bonds is 8. The van der Waals surface area contributed by atoms with Crippen LogP contribution in [0.5, 0.6) is 0 Å². The lowest BCUT2D eigenvalue weighted by atomic mass is 9.66. The van der Waals surface area contributed by atoms with Crippen LogP contribution >= 0.6 is 0 Å². The number of amides is 2. The summed E-state index contributed by atoms with van der Waals surface area (Å²) in [6.07, 6.45) is 3.55. The third-order valence-corrected chi connectivity index (χ3v) is 3.73. The molecule has 2 amide bonds. The largest absolute Gasteiger partial charge is 0.481 e. The van der Waals surface area contributed by atoms with E-state index in [1.54, 1.807) is 0 Å². The van der Waals surface area contributed by atoms with Gasteiger partial charge in [-0.15, -0.1) is 0 Å². The summed E-state index contributed by atoms with van der Waals surface area (Å²) in [4.78, 5) is 35.7. The third-order valence-electron chi connectivity index (χ3n) is 3.73. The van der Waals surface area contributed by atoms with E-state index < -0.39 is 17.3 Å². The summed E-state index contributed by atoms with van der Waals surface area (Å²) in [5.41, 5.74) is 4.21. The van der Waals surface area contributed by atoms with Crippen LogP contribution in [0.1, 0.15) is 45.4 Å². The first-order valence-corrected chi connectivity index (χ1v) is 6.71. The van der Waals surface area contributed by atoms with Crippen LogP contribution in [0, 0.1) is 5.41 Å². The highest BCUT2D eigenvalue weighted by Crippen LogP contribution is 2.44. The minimum absolute atomic E-state index is 0.0284. The Labute approximate surface area is 112 Å². The lowest BCUT2D eigenvalue weighted by Crippen LogP contribution is -2.46. The highest BCUT2D eigenvalue weighted by Gasteiger charge is 2.46. The summed E-state index contributed by atoms with van der Waals surface area (Å²) in [7, 11) is 0. The molecular weight excluding hydrogens is 248 g/mol. The van der Waals surface area contributed by atoms with Gasteiger partial charge in [0.1, 0.15) is 0 Å². The SMILES string of the molecule is CCCCN(CC(N)=O)C(=O)CC1(C(=O)O)CCC1. The van der Waals surface area contributed by atoms with Crippen LogP contribution in [0.3, 0.4) is 0 Å². The molecule has 1 rings (SSSR count). The Morgan fingerprint density at radius 2 is 1.95 bits per heavy atom. The van der Waals surface area contributed by atoms with Crippen molar-refractivity contribution < 1.29 is 19.5 Å². The van der Waals surface area contributed by atoms with Gasteiger partial charge < -0.3 is 15.7 Å². The van der Waals surface area contributed by atoms with Crippen LogP contribution in [-0.2, 0) is 14.4 Å². The van der Waals surface area contributed by atoms with Crippen LogP contribution < -0.4 is 5.73 Å². The maximum absolute atomic E-state index is 12.2. The average molecular weight is 270 g/mol. The Morgan fingerprint density at radius 1 is 1.32 bits per heavy atom. The molecule has 1 aliphatic rings. The van der Waals surface area contributed by atoms with E-state index in [4.69, 9.17) is 5.73 Å². The number of hydrogen-bond acceptors (Lipinski definition) is 3. The molecular formula is C13H22N2O4. The molecule has 0 unspecified atom stereocenters. The number of carboxylic acid groups (broad SMARTS) is 1. The topological polar surface area (TPSA) is 101 Å². The molecule has 0 aromatic carbocycles. The lowest BCUT2D eigenvalue weighted by molar-refractivity contribution is -0.159. The molecule has 1 fully saturated rings. The smallest absolute Gasteiger partial charge is 0.310 e. The van der Waals surface area contributed by atoms with E-state index in [9.17, 15) is 19.5 Å². The van der Waals surface area contributed by atoms with Crippen molar-refractivity contribution in [2.75, 3.05) is 13.1 Å². The summed E-state index contributed by atoms with van der Waals surface area (Å²) < 4.78 is 0. The van der Waals surface area contributed by atoms with E-state index >= 15 is 0 Å². The van der Waals surface area contributed by atoms with Crippen LogP contribution in [-0.4, -0.2) is 40.9 Å². The zero-order valence-electron chi connectivity index (χ0n) is 11.4. The number of hydrogen-bond donors (Lipinski definition) is 2. The normalized spacial score (nSPS) is 16.5. The van der Waals surface area contributed by atoms with E-state index in [2.05, 4.69) is 0 Å². The van der Waals surface area contributed by atoms with E-state index in [0.29, 0.717) is 19.4 Å². The predicted molar refractivity (Wildman–Crippen MR) is 69.2 cm³/mol. The molecule has 108 valence electrons. The van der Waals surface area contributed by atoms with E-state index in [0.717, 1.165) is 19.3 Å². The second kappa shape index (κ2) is 6.54. The molecule has 19 heavy (non-hydrogen) atoms. The van der Waals surface area contributed by atoms with Gasteiger partial charge in [-0.2, -0.15) is 0 Å². The van der Waals surface area contributed by atoms with Gasteiger partial charge in [0, 0.05) is 13.0 Å². The van der Waals surface area contributed by atoms with Crippen LogP contribution in [0.4, 0.5) is 0 Å². The molecule has 0 bridgehead atoms. The van der Waals surface area contributed by atoms with Gasteiger partial charge >= 0.3 is 5.97 Å². The first-order valence-electron chi connectivity index (χ1n) is 6.71. The Balaban J connectivity index is 2.65. The maximum Gasteiger partial charge on any atom is 0.310 e. The van der Waals surface area contributed by atoms with Gasteiger partial charge in [-0.1, -0.05) is 19.8 Å². The van der Waals surface area contributed by atoms with Gasteiger partial charge in [-0.3, -0.25) is 14.4 Å². The first kappa shape index (κ1) is 15.5. The fraction of sp³-hybridized carbons (Fsp3) is 0.769. The highest BCUT2D eigenvalue weighted by atomic mass is 16.4. The predicted octanol–water partition coefficient (Wildman–Crippen LogP) is 0.745. The number of unbranched alkanes of at least 4 members (excludes halogenated alkanes) is 1. The molecule has 0 heterocycles. The molecule has 0 atom stereocenters. The van der Waals surface area contributed by atoms with Gasteiger partial charge in [0.25, 0.3) is 0 Å². The van der Waals surface area contributed by atoms with Gasteiger partial charge in [-0.25, -0.2) is 0 Å². The van der Waals surface area contributed by atoms with Crippen molar-refractivity contribution in [2.24, 2.45) is 11.1 Å². The van der Waals surface area contributed by atoms with Crippen LogP contribution in [0.2, 0.25) is 0 Å². The van der Waals surface area contributed by atoms with Crippen molar-refractivity contribution in [1.82, 2.24) is 4.90 Å². The molecule has 0 aromatic heterocycles. The number of carbonyl (C=O) groups excluding carboxylic acids is 2. The Morgan fingerprint density at radius 3 is 2.32 bits per heavy atom. The van der Waals surface area contributed by atoms with Crippen molar-refractivity contribution in [3.05, 3.63) is 0 Å². The monoisotopic (exact) mass is 270 g/mol. The Hall–Kier alpha value is -1.59. The van der Waals surface area contributed by atoms with Crippen molar-refractivity contribution in [2.45, 2.75) is 45.4 Å². The second-order valence-electron chi connectivity index (χ2n) is 5.25. The van der Waals surface area contributed by atoms with Crippen molar-refractivity contribution in [3.63, 3.8) is 0 Å². The minimum Gasteiger partial charge on any atom is -0.481 e. The number of primary amides is 1. The molecule has 0 saturated heterocycles. The number of carbonyl (C=O) groups is 3. The van der Waals surface area contributed by atoms with Crippen molar-refractivity contribution in [3.8, 4) is 0 Å². The third kappa shape index (κ3) is 3.94. The first-order chi connectivity index (χ1) is 8.91. The zero-order valence-corrected chi connectivity index (χ0v) is 11.4. The summed E-state index contributed by atoms with van der Waals surface area (Å²) in [5, 5.41) is 9.21. The number of aliphatic carboxylic acids is 1. The van der Waals surface area contributed by atoms with Gasteiger partial charge in [0.15, 0.2) is 0 Å². The molecule has 3 N–H and O–H groups in total. The van der Waals surface area contributed by atoms with Gasteiger partial charge in [-0.05, 0) is 19.3 Å². The number of carboxylic acids is 1. The molecule has 1 aliphatic carbocycles. The molecule has 0 radical (unpaired) electrons. The highest BCUT2D eigenvalue weighted by molar-refractivity contribution is 5.88. The Kier molecular flexibility index (Phi) is 5.32. The number of nitrogens with two attached hydrogens (primary N) is 1. The quantitative estimate of drug-likeness (QED) is 0.679. The molecule has 0 aliphatic heterocycles. The average Bonchev–Trinajstić information content (AvgIpc) is 2.27. The van der Waals surface area contributed by atoms with E-state index in [1.807, 2.05) is 6.92 Å². The molecule has 6 heteroatoms. The fourth-order valence-corrected chi connectivity index (χ4v) is 2.30. The lowest BCUT2D eigenvalue weighted by Gasteiger charge is -2.38. The van der Waals surface area contributed by atoms with Gasteiger partial charge in [0.05, 0.1) is 12.0 Å². The molecule has 0 spiro atoms. The Bertz CT molecular complexity index is 364. The molecule has 6 nitrogen and oxygen atoms in total. The van der Waals surface area contributed by atoms with E-state index in [-0.39, 0.29) is 18.9 Å². The van der Waals surface area contributed by atoms with Crippen LogP contribution in [0.25, 0.3) is 0 Å². The fourth-order valence-electron chi connectivity index (χ4n) is 2.30. The maximum atomic E-state index is 12.2. The summed E-state index contributed by atoms with van der Waals surface area (Å²) in [6, 6.07) is 0. The minimum atomic E-state index is -0.917. The number of nitrogens with zero attached hydrogens (tertiary/aromatic N) is 1. The van der Waals surface area contributed by atoms with Crippen molar-refractivity contribution in [1.29, 1.82) is 0 Å². The summed E-state index contributed by atoms with van der Waals surface area (Å²) in [6.45, 7) is 2.31. The summed E-state index contributed by atoms with van der Waals surface area (Å²) >= 11 is 0. The van der Waals surface area contributed by atoms with E-state index in [1.165, 1.54) is 4.90 Å². The standard InChI is InChI=1S/C13H22N2O4/c1-2-3-7-15(9-10(14)16)11(17)8-13(12(18)19)5-4-6-13/h2-9H2,1H3,(H2,14,16)(H,18,19).